The maximum atomic E-state index is 12.8. The molecule has 2 atom stereocenters. The molecule has 0 unspecified atom stereocenters. The number of hydrogen-bond donors (Lipinski definition) is 0. The van der Waals surface area contributed by atoms with Crippen molar-refractivity contribution >= 4 is 22.8 Å². The van der Waals surface area contributed by atoms with E-state index in [1.807, 2.05) is 24.3 Å². The third-order valence-electron chi connectivity index (χ3n) is 5.06. The van der Waals surface area contributed by atoms with Crippen LogP contribution in [-0.2, 0) is 14.3 Å². The smallest absolute Gasteiger partial charge is 0.257 e. The molecule has 2 fully saturated rings. The zero-order valence-corrected chi connectivity index (χ0v) is 15.0. The number of aromatic nitrogens is 2. The van der Waals surface area contributed by atoms with Crippen LogP contribution in [0.2, 0.25) is 0 Å². The minimum Gasteiger partial charge on any atom is -0.379 e. The highest BCUT2D eigenvalue weighted by Gasteiger charge is 2.34. The number of carbonyl (C=O) groups is 1. The van der Waals surface area contributed by atoms with E-state index in [2.05, 4.69) is 14.9 Å². The van der Waals surface area contributed by atoms with Crippen LogP contribution in [0.4, 0.5) is 5.82 Å². The molecular weight excluding hydrogens is 332 g/mol. The summed E-state index contributed by atoms with van der Waals surface area (Å²) in [7, 11) is 1.74. The maximum absolute atomic E-state index is 12.8. The van der Waals surface area contributed by atoms with Crippen LogP contribution in [-0.4, -0.2) is 72.9 Å². The number of morpholine rings is 1. The fourth-order valence-corrected chi connectivity index (χ4v) is 3.53. The van der Waals surface area contributed by atoms with E-state index in [-0.39, 0.29) is 12.0 Å². The summed E-state index contributed by atoms with van der Waals surface area (Å²) in [6.45, 7) is 4.29. The van der Waals surface area contributed by atoms with E-state index in [4.69, 9.17) is 9.47 Å². The van der Waals surface area contributed by atoms with E-state index in [1.54, 1.807) is 18.1 Å². The van der Waals surface area contributed by atoms with E-state index in [9.17, 15) is 4.79 Å². The molecule has 3 heterocycles. The number of nitrogens with zero attached hydrogens (tertiary/aromatic N) is 4. The van der Waals surface area contributed by atoms with Crippen molar-refractivity contribution in [3.8, 4) is 0 Å². The topological polar surface area (TPSA) is 67.8 Å². The second kappa shape index (κ2) is 7.65. The van der Waals surface area contributed by atoms with Crippen molar-refractivity contribution in [2.45, 2.75) is 25.0 Å². The van der Waals surface area contributed by atoms with Gasteiger partial charge in [-0.05, 0) is 25.0 Å². The molecule has 138 valence electrons. The van der Waals surface area contributed by atoms with E-state index < -0.39 is 6.10 Å². The molecule has 0 spiro atoms. The molecule has 1 amide bonds. The quantitative estimate of drug-likeness (QED) is 0.826. The molecule has 0 aliphatic carbocycles. The van der Waals surface area contributed by atoms with Gasteiger partial charge in [0.1, 0.15) is 6.10 Å². The van der Waals surface area contributed by atoms with Crippen molar-refractivity contribution in [1.29, 1.82) is 0 Å². The average Bonchev–Trinajstić information content (AvgIpc) is 3.15. The zero-order valence-electron chi connectivity index (χ0n) is 15.0. The summed E-state index contributed by atoms with van der Waals surface area (Å²) in [5, 5.41) is 0. The number of benzene rings is 1. The fraction of sp³-hybridized carbons (Fsp3) is 0.526. The molecule has 7 nitrogen and oxygen atoms in total. The van der Waals surface area contributed by atoms with Gasteiger partial charge >= 0.3 is 0 Å². The van der Waals surface area contributed by atoms with Gasteiger partial charge in [-0.25, -0.2) is 4.98 Å². The first-order valence-corrected chi connectivity index (χ1v) is 9.15. The molecular formula is C19H24N4O3. The molecule has 1 aromatic carbocycles. The molecule has 2 aliphatic rings. The Morgan fingerprint density at radius 3 is 2.81 bits per heavy atom. The van der Waals surface area contributed by atoms with E-state index >= 15 is 0 Å². The highest BCUT2D eigenvalue weighted by Crippen LogP contribution is 2.24. The van der Waals surface area contributed by atoms with Crippen LogP contribution >= 0.6 is 0 Å². The number of amides is 1. The lowest BCUT2D eigenvalue weighted by Crippen LogP contribution is -2.42. The second-order valence-electron chi connectivity index (χ2n) is 6.85. The first kappa shape index (κ1) is 17.3. The third-order valence-corrected chi connectivity index (χ3v) is 5.06. The highest BCUT2D eigenvalue weighted by molar-refractivity contribution is 5.96. The lowest BCUT2D eigenvalue weighted by Gasteiger charge is -2.29. The number of carbonyl (C=O) groups excluding carboxylic acids is 1. The summed E-state index contributed by atoms with van der Waals surface area (Å²) in [6.07, 6.45) is 3.00. The van der Waals surface area contributed by atoms with E-state index in [0.29, 0.717) is 5.82 Å². The summed E-state index contributed by atoms with van der Waals surface area (Å²) >= 11 is 0. The molecule has 0 saturated carbocycles. The Kier molecular flexibility index (Phi) is 5.10. The van der Waals surface area contributed by atoms with Gasteiger partial charge in [0.05, 0.1) is 36.5 Å². The van der Waals surface area contributed by atoms with Gasteiger partial charge in [0.2, 0.25) is 0 Å². The van der Waals surface area contributed by atoms with Crippen molar-refractivity contribution in [2.24, 2.45) is 0 Å². The molecule has 0 N–H and O–H groups in total. The first-order valence-electron chi connectivity index (χ1n) is 9.15. The normalized spacial score (nSPS) is 24.0. The van der Waals surface area contributed by atoms with Gasteiger partial charge in [-0.15, -0.1) is 0 Å². The molecule has 2 saturated heterocycles. The van der Waals surface area contributed by atoms with Crippen LogP contribution in [0.15, 0.2) is 30.5 Å². The van der Waals surface area contributed by atoms with E-state index in [0.717, 1.165) is 56.7 Å². The van der Waals surface area contributed by atoms with Gasteiger partial charge in [-0.2, -0.15) is 0 Å². The molecule has 7 heteroatoms. The van der Waals surface area contributed by atoms with Gasteiger partial charge in [0, 0.05) is 26.7 Å². The Hall–Kier alpha value is -2.09. The predicted octanol–water partition coefficient (Wildman–Crippen LogP) is 1.47. The van der Waals surface area contributed by atoms with Crippen LogP contribution in [0.5, 0.6) is 0 Å². The van der Waals surface area contributed by atoms with Crippen LogP contribution < -0.4 is 4.90 Å². The van der Waals surface area contributed by atoms with Crippen molar-refractivity contribution in [3.63, 3.8) is 0 Å². The molecule has 26 heavy (non-hydrogen) atoms. The van der Waals surface area contributed by atoms with Gasteiger partial charge < -0.3 is 9.47 Å². The van der Waals surface area contributed by atoms with Gasteiger partial charge in [-0.1, -0.05) is 12.1 Å². The van der Waals surface area contributed by atoms with Gasteiger partial charge in [-0.3, -0.25) is 19.6 Å². The van der Waals surface area contributed by atoms with Crippen LogP contribution in [0.3, 0.4) is 0 Å². The number of ether oxygens (including phenoxy) is 2. The summed E-state index contributed by atoms with van der Waals surface area (Å²) in [5.41, 5.74) is 1.60. The summed E-state index contributed by atoms with van der Waals surface area (Å²) < 4.78 is 11.4. The number of rotatable bonds is 4. The Balaban J connectivity index is 1.38. The van der Waals surface area contributed by atoms with Gasteiger partial charge in [0.15, 0.2) is 5.82 Å². The average molecular weight is 356 g/mol. The Labute approximate surface area is 152 Å². The zero-order chi connectivity index (χ0) is 17.9. The predicted molar refractivity (Wildman–Crippen MR) is 98.1 cm³/mol. The minimum atomic E-state index is -0.403. The molecule has 2 aliphatic heterocycles. The monoisotopic (exact) mass is 356 g/mol. The second-order valence-corrected chi connectivity index (χ2v) is 6.85. The number of anilines is 1. The molecule has 0 radical (unpaired) electrons. The molecule has 1 aromatic heterocycles. The van der Waals surface area contributed by atoms with Crippen molar-refractivity contribution in [1.82, 2.24) is 14.9 Å². The van der Waals surface area contributed by atoms with Crippen LogP contribution in [0, 0.1) is 0 Å². The number of likely N-dealkylation sites (N-methyl/N-ethyl adjacent to an activating group) is 1. The SMILES string of the molecule is CN(C(=O)[C@@H]1CC[C@H](CN2CCOCC2)O1)c1cnc2ccccc2n1. The van der Waals surface area contributed by atoms with Gasteiger partial charge in [0.25, 0.3) is 5.91 Å². The van der Waals surface area contributed by atoms with Crippen molar-refractivity contribution < 1.29 is 14.3 Å². The van der Waals surface area contributed by atoms with Crippen molar-refractivity contribution in [3.05, 3.63) is 30.5 Å². The molecule has 4 rings (SSSR count). The minimum absolute atomic E-state index is 0.0564. The summed E-state index contributed by atoms with van der Waals surface area (Å²) in [4.78, 5) is 25.7. The summed E-state index contributed by atoms with van der Waals surface area (Å²) in [5.74, 6) is 0.494. The number of para-hydroxylation sites is 2. The molecule has 0 bridgehead atoms. The maximum Gasteiger partial charge on any atom is 0.257 e. The van der Waals surface area contributed by atoms with Crippen molar-refractivity contribution in [2.75, 3.05) is 44.8 Å². The first-order chi connectivity index (χ1) is 12.7. The lowest BCUT2D eigenvalue weighted by molar-refractivity contribution is -0.129. The van der Waals surface area contributed by atoms with Crippen LogP contribution in [0.25, 0.3) is 11.0 Å². The highest BCUT2D eigenvalue weighted by atomic mass is 16.5. The fourth-order valence-electron chi connectivity index (χ4n) is 3.53. The Morgan fingerprint density at radius 2 is 2.00 bits per heavy atom. The largest absolute Gasteiger partial charge is 0.379 e. The third kappa shape index (κ3) is 3.70. The van der Waals surface area contributed by atoms with Crippen LogP contribution in [0.1, 0.15) is 12.8 Å². The molecule has 2 aromatic rings. The number of fused-ring (bicyclic) bond motifs is 1. The Bertz CT molecular complexity index is 778. The standard InChI is InChI=1S/C19H24N4O3/c1-22(18-12-20-15-4-2-3-5-16(15)21-18)19(24)17-7-6-14(26-17)13-23-8-10-25-11-9-23/h2-5,12,14,17H,6-11,13H2,1H3/t14-,17+/m1/s1. The Morgan fingerprint density at radius 1 is 1.23 bits per heavy atom. The lowest BCUT2D eigenvalue weighted by atomic mass is 10.1. The number of hydrogen-bond acceptors (Lipinski definition) is 6. The van der Waals surface area contributed by atoms with E-state index in [1.165, 1.54) is 0 Å². The summed E-state index contributed by atoms with van der Waals surface area (Å²) in [6, 6.07) is 7.64.